The maximum atomic E-state index is 10.3. The van der Waals surface area contributed by atoms with E-state index in [1.807, 2.05) is 12.1 Å². The van der Waals surface area contributed by atoms with Gasteiger partial charge in [-0.1, -0.05) is 12.1 Å². The Labute approximate surface area is 57.5 Å². The second-order valence-corrected chi connectivity index (χ2v) is 2.11. The third-order valence-corrected chi connectivity index (χ3v) is 1.50. The number of carboxylic acid groups (broad SMARTS) is 1. The van der Waals surface area contributed by atoms with Crippen molar-refractivity contribution in [3.05, 3.63) is 24.3 Å². The molecule has 1 heterocycles. The Morgan fingerprint density at radius 3 is 2.20 bits per heavy atom. The fraction of sp³-hybridized carbons (Fsp3) is 0. The fourth-order valence-electron chi connectivity index (χ4n) is 1.01. The molecule has 0 saturated carbocycles. The first kappa shape index (κ1) is 5.29. The van der Waals surface area contributed by atoms with E-state index in [1.54, 1.807) is 12.1 Å². The predicted molar refractivity (Wildman–Crippen MR) is 36.6 cm³/mol. The Morgan fingerprint density at radius 1 is 1.30 bits per heavy atom. The van der Waals surface area contributed by atoms with Crippen molar-refractivity contribution in [2.45, 2.75) is 0 Å². The van der Waals surface area contributed by atoms with Crippen LogP contribution in [0.15, 0.2) is 24.3 Å². The maximum Gasteiger partial charge on any atom is 0.416 e. The highest BCUT2D eigenvalue weighted by Crippen LogP contribution is 2.46. The first-order chi connectivity index (χ1) is 4.80. The van der Waals surface area contributed by atoms with Crippen molar-refractivity contribution in [3.8, 4) is 0 Å². The summed E-state index contributed by atoms with van der Waals surface area (Å²) in [6, 6.07) is 7.20. The maximum absolute atomic E-state index is 10.3. The largest absolute Gasteiger partial charge is 0.464 e. The molecule has 1 aromatic carbocycles. The van der Waals surface area contributed by atoms with Crippen molar-refractivity contribution in [2.24, 2.45) is 0 Å². The molecule has 1 amide bonds. The molecule has 2 rings (SSSR count). The summed E-state index contributed by atoms with van der Waals surface area (Å²) in [5, 5.41) is 8.50. The molecule has 0 aromatic heterocycles. The van der Waals surface area contributed by atoms with Crippen LogP contribution in [0.1, 0.15) is 0 Å². The number of carbonyl (C=O) groups is 1. The zero-order valence-corrected chi connectivity index (χ0v) is 5.11. The van der Waals surface area contributed by atoms with Crippen LogP contribution in [0.5, 0.6) is 0 Å². The first-order valence-corrected chi connectivity index (χ1v) is 2.93. The van der Waals surface area contributed by atoms with E-state index >= 15 is 0 Å². The lowest BCUT2D eigenvalue weighted by molar-refractivity contribution is 0.206. The van der Waals surface area contributed by atoms with Gasteiger partial charge in [0.1, 0.15) is 0 Å². The van der Waals surface area contributed by atoms with Crippen molar-refractivity contribution in [1.82, 2.24) is 0 Å². The lowest BCUT2D eigenvalue weighted by Gasteiger charge is -1.87. The Balaban J connectivity index is 2.37. The average molecular weight is 135 g/mol. The normalized spacial score (nSPS) is 12.6. The van der Waals surface area contributed by atoms with Gasteiger partial charge in [0.2, 0.25) is 0 Å². The van der Waals surface area contributed by atoms with Crippen LogP contribution in [0.2, 0.25) is 0 Å². The SMILES string of the molecule is O=C(O)N1c2ccccc21. The Morgan fingerprint density at radius 2 is 1.80 bits per heavy atom. The highest BCUT2D eigenvalue weighted by Gasteiger charge is 2.33. The number of nitrogens with zero attached hydrogens (tertiary/aromatic N) is 1. The zero-order valence-electron chi connectivity index (χ0n) is 5.11. The third kappa shape index (κ3) is 0.515. The van der Waals surface area contributed by atoms with Crippen LogP contribution in [0.3, 0.4) is 0 Å². The van der Waals surface area contributed by atoms with E-state index in [9.17, 15) is 4.79 Å². The van der Waals surface area contributed by atoms with Gasteiger partial charge >= 0.3 is 6.09 Å². The molecular formula is C7H5NO2. The minimum absolute atomic E-state index is 0.801. The second-order valence-electron chi connectivity index (χ2n) is 2.11. The van der Waals surface area contributed by atoms with Crippen LogP contribution in [-0.2, 0) is 0 Å². The van der Waals surface area contributed by atoms with Crippen molar-refractivity contribution < 1.29 is 9.90 Å². The number of hydrogen-bond donors (Lipinski definition) is 1. The number of anilines is 2. The van der Waals surface area contributed by atoms with Crippen LogP contribution in [0.25, 0.3) is 0 Å². The minimum atomic E-state index is -0.902. The summed E-state index contributed by atoms with van der Waals surface area (Å²) in [6.45, 7) is 0. The molecule has 0 saturated heterocycles. The van der Waals surface area contributed by atoms with Gasteiger partial charge in [-0.05, 0) is 12.1 Å². The van der Waals surface area contributed by atoms with E-state index in [4.69, 9.17) is 5.11 Å². The number of amides is 1. The molecule has 0 aliphatic carbocycles. The van der Waals surface area contributed by atoms with Crippen LogP contribution in [-0.4, -0.2) is 11.2 Å². The lowest BCUT2D eigenvalue weighted by Crippen LogP contribution is -2.07. The van der Waals surface area contributed by atoms with Gasteiger partial charge in [-0.25, -0.2) is 9.69 Å². The Hall–Kier alpha value is -1.51. The van der Waals surface area contributed by atoms with E-state index in [2.05, 4.69) is 0 Å². The summed E-state index contributed by atoms with van der Waals surface area (Å²) >= 11 is 0. The topological polar surface area (TPSA) is 40.3 Å². The van der Waals surface area contributed by atoms with Gasteiger partial charge in [0.05, 0.1) is 11.4 Å². The second kappa shape index (κ2) is 1.50. The summed E-state index contributed by atoms with van der Waals surface area (Å²) in [4.78, 5) is 11.6. The molecule has 1 aliphatic rings. The van der Waals surface area contributed by atoms with Gasteiger partial charge < -0.3 is 5.11 Å². The number of rotatable bonds is 0. The standard InChI is InChI=1S/C7H5NO2/c9-7(10)8-5-3-1-2-4-6(5)8/h1-4H,(H,9,10). The monoisotopic (exact) mass is 135 g/mol. The van der Waals surface area contributed by atoms with Crippen molar-refractivity contribution >= 4 is 17.5 Å². The molecule has 0 bridgehead atoms. The quantitative estimate of drug-likeness (QED) is 0.551. The smallest absolute Gasteiger partial charge is 0.416 e. The molecule has 3 nitrogen and oxygen atoms in total. The van der Waals surface area contributed by atoms with Gasteiger partial charge in [-0.2, -0.15) is 0 Å². The molecule has 0 spiro atoms. The fourth-order valence-corrected chi connectivity index (χ4v) is 1.01. The molecule has 1 aromatic rings. The van der Waals surface area contributed by atoms with Gasteiger partial charge in [-0.15, -0.1) is 0 Å². The third-order valence-electron chi connectivity index (χ3n) is 1.50. The molecule has 0 atom stereocenters. The molecule has 0 radical (unpaired) electrons. The van der Waals surface area contributed by atoms with Crippen LogP contribution in [0.4, 0.5) is 16.2 Å². The summed E-state index contributed by atoms with van der Waals surface area (Å²) in [5.41, 5.74) is 1.60. The summed E-state index contributed by atoms with van der Waals surface area (Å²) < 4.78 is 0. The van der Waals surface area contributed by atoms with Gasteiger partial charge in [0, 0.05) is 0 Å². The molecule has 50 valence electrons. The lowest BCUT2D eigenvalue weighted by atomic mass is 10.4. The van der Waals surface area contributed by atoms with Gasteiger partial charge in [0.25, 0.3) is 0 Å². The highest BCUT2D eigenvalue weighted by atomic mass is 16.4. The molecule has 1 aliphatic heterocycles. The molecule has 3 heteroatoms. The summed E-state index contributed by atoms with van der Waals surface area (Å²) in [6.07, 6.45) is -0.902. The molecule has 1 N–H and O–H groups in total. The Kier molecular flexibility index (Phi) is 0.795. The van der Waals surface area contributed by atoms with E-state index in [1.165, 1.54) is 4.90 Å². The zero-order chi connectivity index (χ0) is 7.14. The van der Waals surface area contributed by atoms with Gasteiger partial charge in [-0.3, -0.25) is 0 Å². The molecule has 0 unspecified atom stereocenters. The van der Waals surface area contributed by atoms with E-state index in [0.717, 1.165) is 11.4 Å². The first-order valence-electron chi connectivity index (χ1n) is 2.93. The molecular weight excluding hydrogens is 130 g/mol. The van der Waals surface area contributed by atoms with Crippen molar-refractivity contribution in [2.75, 3.05) is 4.90 Å². The Bertz CT molecular complexity index is 272. The number of fused-ring (bicyclic) bond motifs is 1. The van der Waals surface area contributed by atoms with Crippen LogP contribution in [0, 0.1) is 0 Å². The van der Waals surface area contributed by atoms with Crippen molar-refractivity contribution in [3.63, 3.8) is 0 Å². The van der Waals surface area contributed by atoms with E-state index in [-0.39, 0.29) is 0 Å². The number of benzene rings is 1. The van der Waals surface area contributed by atoms with Crippen molar-refractivity contribution in [1.29, 1.82) is 0 Å². The van der Waals surface area contributed by atoms with Gasteiger partial charge in [0.15, 0.2) is 0 Å². The minimum Gasteiger partial charge on any atom is -0.464 e. The molecule has 10 heavy (non-hydrogen) atoms. The highest BCUT2D eigenvalue weighted by molar-refractivity contribution is 6.12. The van der Waals surface area contributed by atoms with Crippen LogP contribution < -0.4 is 4.90 Å². The van der Waals surface area contributed by atoms with E-state index < -0.39 is 6.09 Å². The number of para-hydroxylation sites is 2. The van der Waals surface area contributed by atoms with E-state index in [0.29, 0.717) is 0 Å². The summed E-state index contributed by atoms with van der Waals surface area (Å²) in [5.74, 6) is 0. The number of hydrogen-bond acceptors (Lipinski definition) is 1. The van der Waals surface area contributed by atoms with Crippen LogP contribution >= 0.6 is 0 Å². The average Bonchev–Trinajstić information content (AvgIpc) is 2.60. The molecule has 0 fully saturated rings. The predicted octanol–water partition coefficient (Wildman–Crippen LogP) is 1.82. The summed E-state index contributed by atoms with van der Waals surface area (Å²) in [7, 11) is 0.